The fourth-order valence-corrected chi connectivity index (χ4v) is 0.930. The van der Waals surface area contributed by atoms with Crippen molar-refractivity contribution in [3.63, 3.8) is 0 Å². The summed E-state index contributed by atoms with van der Waals surface area (Å²) in [5, 5.41) is 10.8. The lowest BCUT2D eigenvalue weighted by atomic mass is 10.3. The van der Waals surface area contributed by atoms with Gasteiger partial charge in [-0.25, -0.2) is 0 Å². The Labute approximate surface area is 71.4 Å². The number of carbonyl (C=O) groups excluding carboxylic acids is 1. The summed E-state index contributed by atoms with van der Waals surface area (Å²) in [6, 6.07) is 0. The minimum atomic E-state index is -0.548. The second-order valence-electron chi connectivity index (χ2n) is 2.46. The van der Waals surface area contributed by atoms with Gasteiger partial charge in [0.25, 0.3) is 11.3 Å². The monoisotopic (exact) mass is 179 g/mol. The number of fused-ring (bicyclic) bond motifs is 1. The van der Waals surface area contributed by atoms with E-state index in [1.807, 2.05) is 0 Å². The van der Waals surface area contributed by atoms with E-state index in [0.29, 0.717) is 0 Å². The molecule has 0 aliphatic rings. The first-order valence-corrected chi connectivity index (χ1v) is 3.50. The van der Waals surface area contributed by atoms with E-state index in [1.54, 1.807) is 0 Å². The molecule has 0 amide bonds. The van der Waals surface area contributed by atoms with E-state index >= 15 is 0 Å². The van der Waals surface area contributed by atoms with Crippen LogP contribution in [0.3, 0.4) is 0 Å². The molecular weight excluding hydrogens is 174 g/mol. The Hall–Kier alpha value is -2.05. The van der Waals surface area contributed by atoms with Crippen LogP contribution in [0.15, 0.2) is 11.1 Å². The van der Waals surface area contributed by atoms with Crippen molar-refractivity contribution in [1.82, 2.24) is 24.8 Å². The van der Waals surface area contributed by atoms with Gasteiger partial charge in [-0.2, -0.15) is 9.61 Å². The molecule has 0 saturated heterocycles. The van der Waals surface area contributed by atoms with E-state index < -0.39 is 11.3 Å². The summed E-state index contributed by atoms with van der Waals surface area (Å²) in [5.74, 6) is -0.174. The van der Waals surface area contributed by atoms with Crippen molar-refractivity contribution in [2.45, 2.75) is 6.92 Å². The second-order valence-corrected chi connectivity index (χ2v) is 2.46. The molecule has 66 valence electrons. The van der Waals surface area contributed by atoms with Crippen molar-refractivity contribution in [2.75, 3.05) is 0 Å². The van der Waals surface area contributed by atoms with Gasteiger partial charge < -0.3 is 0 Å². The maximum Gasteiger partial charge on any atom is 0.282 e. The number of ketones is 1. The Bertz CT molecular complexity index is 525. The average Bonchev–Trinajstić information content (AvgIpc) is 2.48. The molecule has 0 atom stereocenters. The van der Waals surface area contributed by atoms with E-state index in [2.05, 4.69) is 20.3 Å². The molecule has 2 rings (SSSR count). The zero-order valence-corrected chi connectivity index (χ0v) is 6.68. The fourth-order valence-electron chi connectivity index (χ4n) is 0.930. The van der Waals surface area contributed by atoms with Crippen LogP contribution in [-0.2, 0) is 0 Å². The van der Waals surface area contributed by atoms with Gasteiger partial charge in [0.2, 0.25) is 0 Å². The molecule has 13 heavy (non-hydrogen) atoms. The Morgan fingerprint density at radius 2 is 2.38 bits per heavy atom. The van der Waals surface area contributed by atoms with Gasteiger partial charge in [0, 0.05) is 6.92 Å². The zero-order chi connectivity index (χ0) is 9.42. The molecule has 0 unspecified atom stereocenters. The largest absolute Gasteiger partial charge is 0.292 e. The van der Waals surface area contributed by atoms with Crippen LogP contribution in [0.4, 0.5) is 0 Å². The van der Waals surface area contributed by atoms with Crippen molar-refractivity contribution in [1.29, 1.82) is 0 Å². The third-order valence-corrected chi connectivity index (χ3v) is 1.51. The highest BCUT2D eigenvalue weighted by molar-refractivity contribution is 5.91. The van der Waals surface area contributed by atoms with Gasteiger partial charge in [0.15, 0.2) is 11.5 Å². The first kappa shape index (κ1) is 7.59. The number of nitrogens with one attached hydrogen (secondary N) is 1. The molecule has 0 fully saturated rings. The van der Waals surface area contributed by atoms with Gasteiger partial charge in [0.1, 0.15) is 6.33 Å². The number of aromatic amines is 1. The normalized spacial score (nSPS) is 10.5. The molecular formula is C6H5N5O2. The molecule has 0 bridgehead atoms. The number of Topliss-reactive ketones (excluding diaryl/α,β-unsaturated/α-hetero) is 1. The van der Waals surface area contributed by atoms with Crippen LogP contribution in [0.25, 0.3) is 5.78 Å². The predicted octanol–water partition coefficient (Wildman–Crippen LogP) is -0.985. The molecule has 0 aromatic carbocycles. The van der Waals surface area contributed by atoms with Gasteiger partial charge in [-0.1, -0.05) is 0 Å². The van der Waals surface area contributed by atoms with Gasteiger partial charge in [-0.3, -0.25) is 14.6 Å². The summed E-state index contributed by atoms with van der Waals surface area (Å²) in [7, 11) is 0. The number of carbonyl (C=O) groups is 1. The molecule has 0 aliphatic carbocycles. The van der Waals surface area contributed by atoms with Crippen molar-refractivity contribution in [3.8, 4) is 0 Å². The zero-order valence-electron chi connectivity index (χ0n) is 6.68. The molecule has 7 heteroatoms. The Morgan fingerprint density at radius 1 is 1.62 bits per heavy atom. The Balaban J connectivity index is 2.84. The highest BCUT2D eigenvalue weighted by Crippen LogP contribution is 1.89. The SMILES string of the molecule is CC(=O)c1nn2cnnc2[nH]c1=O. The highest BCUT2D eigenvalue weighted by atomic mass is 16.1. The fraction of sp³-hybridized carbons (Fsp3) is 0.167. The number of hydrogen-bond acceptors (Lipinski definition) is 5. The van der Waals surface area contributed by atoms with E-state index in [4.69, 9.17) is 0 Å². The molecule has 7 nitrogen and oxygen atoms in total. The number of hydrogen-bond donors (Lipinski definition) is 1. The summed E-state index contributed by atoms with van der Waals surface area (Å²) < 4.78 is 1.23. The summed E-state index contributed by atoms with van der Waals surface area (Å²) in [4.78, 5) is 24.4. The van der Waals surface area contributed by atoms with Crippen LogP contribution in [0.2, 0.25) is 0 Å². The molecule has 0 saturated carbocycles. The van der Waals surface area contributed by atoms with Crippen LogP contribution in [0, 0.1) is 0 Å². The minimum Gasteiger partial charge on any atom is -0.292 e. The van der Waals surface area contributed by atoms with E-state index in [0.717, 1.165) is 0 Å². The molecule has 0 aliphatic heterocycles. The lowest BCUT2D eigenvalue weighted by Gasteiger charge is -1.93. The predicted molar refractivity (Wildman–Crippen MR) is 41.4 cm³/mol. The van der Waals surface area contributed by atoms with Crippen molar-refractivity contribution >= 4 is 11.6 Å². The van der Waals surface area contributed by atoms with Gasteiger partial charge in [-0.15, -0.1) is 10.2 Å². The van der Waals surface area contributed by atoms with Crippen LogP contribution in [-0.4, -0.2) is 30.6 Å². The van der Waals surface area contributed by atoms with Crippen LogP contribution < -0.4 is 5.56 Å². The lowest BCUT2D eigenvalue weighted by molar-refractivity contribution is 0.101. The van der Waals surface area contributed by atoms with Crippen molar-refractivity contribution in [3.05, 3.63) is 22.4 Å². The third kappa shape index (κ3) is 1.10. The summed E-state index contributed by atoms with van der Waals surface area (Å²) in [6.45, 7) is 1.27. The molecule has 2 heterocycles. The van der Waals surface area contributed by atoms with Crippen LogP contribution in [0.1, 0.15) is 17.4 Å². The maximum atomic E-state index is 11.2. The van der Waals surface area contributed by atoms with E-state index in [-0.39, 0.29) is 11.5 Å². The molecule has 1 N–H and O–H groups in total. The van der Waals surface area contributed by atoms with E-state index in [1.165, 1.54) is 17.8 Å². The average molecular weight is 179 g/mol. The van der Waals surface area contributed by atoms with Crippen LogP contribution >= 0.6 is 0 Å². The Kier molecular flexibility index (Phi) is 1.44. The number of H-pyrrole nitrogens is 1. The minimum absolute atomic E-state index is 0.146. The van der Waals surface area contributed by atoms with Crippen molar-refractivity contribution in [2.24, 2.45) is 0 Å². The first-order valence-electron chi connectivity index (χ1n) is 3.50. The summed E-state index contributed by atoms with van der Waals surface area (Å²) in [5.41, 5.74) is -0.694. The molecule has 2 aromatic heterocycles. The molecule has 2 aromatic rings. The third-order valence-electron chi connectivity index (χ3n) is 1.51. The maximum absolute atomic E-state index is 11.2. The summed E-state index contributed by atoms with van der Waals surface area (Å²) >= 11 is 0. The van der Waals surface area contributed by atoms with Gasteiger partial charge in [0.05, 0.1) is 0 Å². The van der Waals surface area contributed by atoms with E-state index in [9.17, 15) is 9.59 Å². The summed E-state index contributed by atoms with van der Waals surface area (Å²) in [6.07, 6.45) is 1.30. The lowest BCUT2D eigenvalue weighted by Crippen LogP contribution is -2.21. The quantitative estimate of drug-likeness (QED) is 0.567. The van der Waals surface area contributed by atoms with Gasteiger partial charge in [-0.05, 0) is 0 Å². The number of aromatic nitrogens is 5. The first-order chi connectivity index (χ1) is 6.18. The Morgan fingerprint density at radius 3 is 3.08 bits per heavy atom. The van der Waals surface area contributed by atoms with Gasteiger partial charge >= 0.3 is 0 Å². The molecule has 0 spiro atoms. The molecule has 0 radical (unpaired) electrons. The number of nitrogens with zero attached hydrogens (tertiary/aromatic N) is 4. The smallest absolute Gasteiger partial charge is 0.282 e. The van der Waals surface area contributed by atoms with Crippen molar-refractivity contribution < 1.29 is 4.79 Å². The topological polar surface area (TPSA) is 93.0 Å². The second kappa shape index (κ2) is 2.47. The standard InChI is InChI=1S/C6H5N5O2/c1-3(12)4-5(13)8-6-9-7-2-11(6)10-4/h2H,1H3,(H,8,9,13). The highest BCUT2D eigenvalue weighted by Gasteiger charge is 2.09. The van der Waals surface area contributed by atoms with Crippen LogP contribution in [0.5, 0.6) is 0 Å². The number of rotatable bonds is 1.